The Balaban J connectivity index is 1.88. The Labute approximate surface area is 163 Å². The van der Waals surface area contributed by atoms with Crippen LogP contribution in [0.4, 0.5) is 0 Å². The zero-order valence-corrected chi connectivity index (χ0v) is 17.6. The average molecular weight is 421 g/mol. The third kappa shape index (κ3) is 2.38. The lowest BCUT2D eigenvalue weighted by Gasteiger charge is -2.51. The van der Waals surface area contributed by atoms with Gasteiger partial charge in [-0.05, 0) is 55.7 Å². The van der Waals surface area contributed by atoms with Gasteiger partial charge >= 0.3 is 0 Å². The summed E-state index contributed by atoms with van der Waals surface area (Å²) >= 11 is 9.25. The number of hydrogen-bond acceptors (Lipinski definition) is 3. The molecule has 0 aromatic heterocycles. The lowest BCUT2D eigenvalue weighted by atomic mass is 9.59. The second-order valence-corrected chi connectivity index (χ2v) is 9.51. The van der Waals surface area contributed by atoms with Gasteiger partial charge in [0.2, 0.25) is 0 Å². The molecular weight excluding hydrogens is 396 g/mol. The van der Waals surface area contributed by atoms with E-state index >= 15 is 0 Å². The van der Waals surface area contributed by atoms with Gasteiger partial charge in [-0.25, -0.2) is 0 Å². The number of halogens is 1. The summed E-state index contributed by atoms with van der Waals surface area (Å²) in [5, 5.41) is 3.66. The molecular formula is C20H25BrN2OS. The highest BCUT2D eigenvalue weighted by Gasteiger charge is 2.63. The molecule has 4 rings (SSSR count). The van der Waals surface area contributed by atoms with E-state index in [-0.39, 0.29) is 5.41 Å². The first-order valence-corrected chi connectivity index (χ1v) is 10.2. The van der Waals surface area contributed by atoms with Crippen molar-refractivity contribution in [3.05, 3.63) is 33.8 Å². The molecule has 25 heavy (non-hydrogen) atoms. The van der Waals surface area contributed by atoms with Crippen LogP contribution in [0.1, 0.15) is 44.7 Å². The smallest absolute Gasteiger partial charge is 0.162 e. The number of fused-ring (bicyclic) bond motifs is 3. The molecule has 1 saturated carbocycles. The van der Waals surface area contributed by atoms with Crippen LogP contribution in [0, 0.1) is 17.3 Å². The van der Waals surface area contributed by atoms with Gasteiger partial charge < -0.3 is 10.1 Å². The van der Waals surface area contributed by atoms with E-state index in [9.17, 15) is 0 Å². The minimum absolute atomic E-state index is 0.0474. The predicted octanol–water partition coefficient (Wildman–Crippen LogP) is 4.62. The summed E-state index contributed by atoms with van der Waals surface area (Å²) in [4.78, 5) is 5.98. The van der Waals surface area contributed by atoms with Gasteiger partial charge in [-0.2, -0.15) is 0 Å². The van der Waals surface area contributed by atoms with Crippen molar-refractivity contribution in [1.29, 1.82) is 0 Å². The average Bonchev–Trinajstić information content (AvgIpc) is 2.96. The van der Waals surface area contributed by atoms with Crippen LogP contribution in [0.15, 0.2) is 27.7 Å². The zero-order chi connectivity index (χ0) is 18.0. The highest BCUT2D eigenvalue weighted by atomic mass is 79.9. The molecule has 1 unspecified atom stereocenters. The number of thiocarbonyl (C=S) groups is 1. The molecule has 0 saturated heterocycles. The number of nitrogens with one attached hydrogen (secondary N) is 1. The molecule has 0 amide bonds. The van der Waals surface area contributed by atoms with Crippen LogP contribution < -0.4 is 5.32 Å². The van der Waals surface area contributed by atoms with Crippen molar-refractivity contribution < 1.29 is 4.74 Å². The van der Waals surface area contributed by atoms with Gasteiger partial charge in [0.05, 0.1) is 11.8 Å². The molecule has 2 aliphatic carbocycles. The Hall–Kier alpha value is -0.780. The lowest BCUT2D eigenvalue weighted by molar-refractivity contribution is -0.0767. The molecule has 0 bridgehead atoms. The number of methoxy groups -OCH3 is 1. The van der Waals surface area contributed by atoms with Crippen molar-refractivity contribution in [2.45, 2.75) is 51.8 Å². The number of rotatable bonds is 1. The fourth-order valence-electron chi connectivity index (χ4n) is 5.80. The van der Waals surface area contributed by atoms with Crippen LogP contribution in [-0.2, 0) is 16.8 Å². The van der Waals surface area contributed by atoms with Crippen molar-refractivity contribution in [2.75, 3.05) is 7.11 Å². The fourth-order valence-corrected chi connectivity index (χ4v) is 6.35. The fraction of sp³-hybridized carbons (Fsp3) is 0.600. The second kappa shape index (κ2) is 5.86. The van der Waals surface area contributed by atoms with Crippen molar-refractivity contribution in [2.24, 2.45) is 22.2 Å². The van der Waals surface area contributed by atoms with Gasteiger partial charge in [0.15, 0.2) is 5.66 Å². The zero-order valence-electron chi connectivity index (χ0n) is 15.2. The molecule has 1 aliphatic heterocycles. The number of nitrogens with zero attached hydrogens (tertiary/aromatic N) is 1. The molecule has 3 aliphatic rings. The molecule has 0 radical (unpaired) electrons. The van der Waals surface area contributed by atoms with Crippen LogP contribution in [0.5, 0.6) is 0 Å². The molecule has 134 valence electrons. The van der Waals surface area contributed by atoms with E-state index in [1.165, 1.54) is 11.1 Å². The van der Waals surface area contributed by atoms with Gasteiger partial charge in [0, 0.05) is 22.6 Å². The largest absolute Gasteiger partial charge is 0.381 e. The molecule has 1 fully saturated rings. The maximum absolute atomic E-state index is 5.82. The summed E-state index contributed by atoms with van der Waals surface area (Å²) in [6.07, 6.45) is 3.55. The van der Waals surface area contributed by atoms with E-state index in [1.807, 2.05) is 14.0 Å². The molecule has 1 heterocycles. The topological polar surface area (TPSA) is 33.6 Å². The van der Waals surface area contributed by atoms with Crippen LogP contribution in [-0.4, -0.2) is 23.9 Å². The summed E-state index contributed by atoms with van der Waals surface area (Å²) in [6.45, 7) is 6.67. The quantitative estimate of drug-likeness (QED) is 0.672. The monoisotopic (exact) mass is 420 g/mol. The lowest BCUT2D eigenvalue weighted by Crippen LogP contribution is -2.56. The Kier molecular flexibility index (Phi) is 4.13. The Morgan fingerprint density at radius 1 is 1.28 bits per heavy atom. The van der Waals surface area contributed by atoms with Gasteiger partial charge in [-0.1, -0.05) is 48.1 Å². The molecule has 5 atom stereocenters. The Morgan fingerprint density at radius 3 is 2.52 bits per heavy atom. The molecule has 2 spiro atoms. The highest BCUT2D eigenvalue weighted by molar-refractivity contribution is 9.10. The van der Waals surface area contributed by atoms with Gasteiger partial charge in [-0.15, -0.1) is 0 Å². The van der Waals surface area contributed by atoms with Crippen LogP contribution in [0.25, 0.3) is 0 Å². The normalized spacial score (nSPS) is 39.6. The maximum atomic E-state index is 5.82. The molecule has 5 heteroatoms. The van der Waals surface area contributed by atoms with Crippen molar-refractivity contribution in [3.8, 4) is 0 Å². The summed E-state index contributed by atoms with van der Waals surface area (Å²) in [6, 6.07) is 6.63. The minimum Gasteiger partial charge on any atom is -0.381 e. The molecule has 1 aromatic carbocycles. The number of ether oxygens (including phenoxy) is 1. The predicted molar refractivity (Wildman–Crippen MR) is 109 cm³/mol. The Bertz CT molecular complexity index is 765. The summed E-state index contributed by atoms with van der Waals surface area (Å²) in [5.74, 6) is 0.990. The van der Waals surface area contributed by atoms with E-state index in [0.717, 1.165) is 34.4 Å². The van der Waals surface area contributed by atoms with Crippen LogP contribution >= 0.6 is 28.1 Å². The Morgan fingerprint density at radius 2 is 1.96 bits per heavy atom. The SMILES string of the molecule is CO[C@H]1[C@H](C)C[C@@]2(Cc3ccc(Br)cc3C23N=C(C)C(=S)N3)C[C@@H]1C. The maximum Gasteiger partial charge on any atom is 0.162 e. The van der Waals surface area contributed by atoms with Gasteiger partial charge in [0.25, 0.3) is 0 Å². The van der Waals surface area contributed by atoms with Crippen LogP contribution in [0.3, 0.4) is 0 Å². The molecule has 3 nitrogen and oxygen atoms in total. The van der Waals surface area contributed by atoms with Crippen molar-refractivity contribution in [1.82, 2.24) is 5.32 Å². The second-order valence-electron chi connectivity index (χ2n) is 8.18. The van der Waals surface area contributed by atoms with E-state index < -0.39 is 5.66 Å². The number of hydrogen-bond donors (Lipinski definition) is 1. The highest BCUT2D eigenvalue weighted by Crippen LogP contribution is 2.61. The van der Waals surface area contributed by atoms with E-state index in [4.69, 9.17) is 21.9 Å². The molecule has 1 aromatic rings. The first kappa shape index (κ1) is 17.6. The summed E-state index contributed by atoms with van der Waals surface area (Å²) in [5.41, 5.74) is 3.26. The minimum atomic E-state index is -0.422. The van der Waals surface area contributed by atoms with Crippen molar-refractivity contribution >= 4 is 38.8 Å². The van der Waals surface area contributed by atoms with Gasteiger partial charge in [0.1, 0.15) is 4.99 Å². The third-order valence-corrected chi connectivity index (χ3v) is 7.43. The van der Waals surface area contributed by atoms with Crippen LogP contribution in [0.2, 0.25) is 0 Å². The van der Waals surface area contributed by atoms with E-state index in [1.54, 1.807) is 0 Å². The third-order valence-electron chi connectivity index (χ3n) is 6.54. The number of benzene rings is 1. The summed E-state index contributed by atoms with van der Waals surface area (Å²) < 4.78 is 6.92. The van der Waals surface area contributed by atoms with Gasteiger partial charge in [-0.3, -0.25) is 4.99 Å². The standard InChI is InChI=1S/C20H25BrN2OS/c1-11-8-19(9-12(2)17(11)24-4)10-14-5-6-15(21)7-16(14)20(19)22-13(3)18(25)23-20/h5-7,11-12,17H,8-10H2,1-4H3,(H,23,25)/t11-,12+,17+,19+,20?. The van der Waals surface area contributed by atoms with E-state index in [0.29, 0.717) is 17.9 Å². The first-order valence-electron chi connectivity index (χ1n) is 9.02. The summed E-state index contributed by atoms with van der Waals surface area (Å²) in [7, 11) is 1.84. The molecule has 1 N–H and O–H groups in total. The first-order chi connectivity index (χ1) is 11.8. The van der Waals surface area contributed by atoms with Crippen molar-refractivity contribution in [3.63, 3.8) is 0 Å². The van der Waals surface area contributed by atoms with E-state index in [2.05, 4.69) is 53.3 Å². The number of aliphatic imine (C=N–C) groups is 1.